The highest BCUT2D eigenvalue weighted by Gasteiger charge is 2.33. The largest absolute Gasteiger partial charge is 0.481 e. The van der Waals surface area contributed by atoms with E-state index in [1.165, 1.54) is 12.8 Å². The van der Waals surface area contributed by atoms with E-state index >= 15 is 0 Å². The Hall–Kier alpha value is -0.610. The van der Waals surface area contributed by atoms with E-state index < -0.39 is 5.97 Å². The number of hydrogen-bond donors (Lipinski definition) is 3. The van der Waals surface area contributed by atoms with Gasteiger partial charge in [-0.15, -0.1) is 0 Å². The number of carbonyl (C=O) groups is 1. The topological polar surface area (TPSA) is 69.6 Å². The zero-order chi connectivity index (χ0) is 13.4. The van der Waals surface area contributed by atoms with Gasteiger partial charge < -0.3 is 15.5 Å². The van der Waals surface area contributed by atoms with Crippen LogP contribution >= 0.6 is 0 Å². The van der Waals surface area contributed by atoms with Crippen molar-refractivity contribution in [3.05, 3.63) is 0 Å². The SMILES string of the molecule is CC1CCCC(CO)(NCCCCCC(=O)O)C1. The molecule has 3 N–H and O–H groups in total. The van der Waals surface area contributed by atoms with Crippen molar-refractivity contribution in [2.75, 3.05) is 13.2 Å². The zero-order valence-corrected chi connectivity index (χ0v) is 11.5. The van der Waals surface area contributed by atoms with Gasteiger partial charge in [0.2, 0.25) is 0 Å². The first kappa shape index (κ1) is 15.4. The van der Waals surface area contributed by atoms with Crippen molar-refractivity contribution in [3.8, 4) is 0 Å². The normalized spacial score (nSPS) is 28.2. The molecule has 1 rings (SSSR count). The summed E-state index contributed by atoms with van der Waals surface area (Å²) >= 11 is 0. The monoisotopic (exact) mass is 257 g/mol. The molecule has 4 heteroatoms. The molecule has 4 nitrogen and oxygen atoms in total. The molecule has 1 aliphatic carbocycles. The minimum atomic E-state index is -0.712. The number of carboxylic acids is 1. The fourth-order valence-corrected chi connectivity index (χ4v) is 2.95. The van der Waals surface area contributed by atoms with Crippen molar-refractivity contribution in [1.82, 2.24) is 5.32 Å². The highest BCUT2D eigenvalue weighted by Crippen LogP contribution is 2.31. The van der Waals surface area contributed by atoms with Crippen LogP contribution in [-0.4, -0.2) is 34.9 Å². The van der Waals surface area contributed by atoms with Gasteiger partial charge in [0.25, 0.3) is 0 Å². The molecule has 1 saturated carbocycles. The summed E-state index contributed by atoms with van der Waals surface area (Å²) < 4.78 is 0. The average molecular weight is 257 g/mol. The Morgan fingerprint density at radius 2 is 2.17 bits per heavy atom. The number of rotatable bonds is 8. The molecular formula is C14H27NO3. The molecule has 0 bridgehead atoms. The van der Waals surface area contributed by atoms with Crippen molar-refractivity contribution >= 4 is 5.97 Å². The van der Waals surface area contributed by atoms with E-state index in [2.05, 4.69) is 12.2 Å². The lowest BCUT2D eigenvalue weighted by atomic mass is 9.77. The molecule has 18 heavy (non-hydrogen) atoms. The number of carboxylic acid groups (broad SMARTS) is 1. The first-order chi connectivity index (χ1) is 8.58. The Balaban J connectivity index is 2.17. The highest BCUT2D eigenvalue weighted by atomic mass is 16.4. The van der Waals surface area contributed by atoms with Crippen molar-refractivity contribution < 1.29 is 15.0 Å². The molecule has 0 aliphatic heterocycles. The maximum absolute atomic E-state index is 10.4. The Labute approximate surface area is 110 Å². The zero-order valence-electron chi connectivity index (χ0n) is 11.5. The number of nitrogens with one attached hydrogen (secondary N) is 1. The number of unbranched alkanes of at least 4 members (excludes halogenated alkanes) is 2. The van der Waals surface area contributed by atoms with Crippen LogP contribution in [0.25, 0.3) is 0 Å². The Morgan fingerprint density at radius 3 is 2.78 bits per heavy atom. The predicted octanol–water partition coefficient (Wildman–Crippen LogP) is 2.16. The van der Waals surface area contributed by atoms with Gasteiger partial charge >= 0.3 is 5.97 Å². The van der Waals surface area contributed by atoms with Gasteiger partial charge in [-0.2, -0.15) is 0 Å². The van der Waals surface area contributed by atoms with E-state index in [1.54, 1.807) is 0 Å². The second-order valence-corrected chi connectivity index (χ2v) is 5.77. The first-order valence-electron chi connectivity index (χ1n) is 7.16. The molecule has 2 atom stereocenters. The number of aliphatic hydroxyl groups is 1. The van der Waals surface area contributed by atoms with Gasteiger partial charge in [0.1, 0.15) is 0 Å². The van der Waals surface area contributed by atoms with Crippen LogP contribution in [0.1, 0.15) is 58.3 Å². The second-order valence-electron chi connectivity index (χ2n) is 5.77. The Morgan fingerprint density at radius 1 is 1.39 bits per heavy atom. The summed E-state index contributed by atoms with van der Waals surface area (Å²) in [6, 6.07) is 0. The molecule has 2 unspecified atom stereocenters. The van der Waals surface area contributed by atoms with Crippen LogP contribution in [0.15, 0.2) is 0 Å². The average Bonchev–Trinajstić information content (AvgIpc) is 2.33. The lowest BCUT2D eigenvalue weighted by molar-refractivity contribution is -0.137. The molecule has 0 aromatic heterocycles. The van der Waals surface area contributed by atoms with Crippen LogP contribution < -0.4 is 5.32 Å². The molecule has 106 valence electrons. The fraction of sp³-hybridized carbons (Fsp3) is 0.929. The minimum Gasteiger partial charge on any atom is -0.481 e. The van der Waals surface area contributed by atoms with Crippen molar-refractivity contribution in [3.63, 3.8) is 0 Å². The summed E-state index contributed by atoms with van der Waals surface area (Å²) in [5.74, 6) is -0.0266. The molecule has 0 heterocycles. The van der Waals surface area contributed by atoms with Gasteiger partial charge in [-0.1, -0.05) is 26.2 Å². The van der Waals surface area contributed by atoms with Gasteiger partial charge in [-0.05, 0) is 38.1 Å². The number of aliphatic carboxylic acids is 1. The van der Waals surface area contributed by atoms with Crippen LogP contribution in [0.4, 0.5) is 0 Å². The quantitative estimate of drug-likeness (QED) is 0.583. The summed E-state index contributed by atoms with van der Waals surface area (Å²) in [5.41, 5.74) is -0.0789. The third-order valence-electron chi connectivity index (χ3n) is 3.96. The first-order valence-corrected chi connectivity index (χ1v) is 7.16. The highest BCUT2D eigenvalue weighted by molar-refractivity contribution is 5.66. The Bertz CT molecular complexity index is 257. The molecule has 0 saturated heterocycles. The summed E-state index contributed by atoms with van der Waals surface area (Å²) in [6.45, 7) is 3.34. The maximum atomic E-state index is 10.4. The summed E-state index contributed by atoms with van der Waals surface area (Å²) in [6.07, 6.45) is 7.51. The molecular weight excluding hydrogens is 230 g/mol. The van der Waals surface area contributed by atoms with Crippen molar-refractivity contribution in [2.45, 2.75) is 63.8 Å². The summed E-state index contributed by atoms with van der Waals surface area (Å²) in [7, 11) is 0. The van der Waals surface area contributed by atoms with Crippen LogP contribution in [0.2, 0.25) is 0 Å². The molecule has 0 aromatic carbocycles. The van der Waals surface area contributed by atoms with E-state index in [0.29, 0.717) is 5.92 Å². The lowest BCUT2D eigenvalue weighted by Crippen LogP contribution is -2.51. The summed E-state index contributed by atoms with van der Waals surface area (Å²) in [5, 5.41) is 21.6. The number of aliphatic hydroxyl groups excluding tert-OH is 1. The van der Waals surface area contributed by atoms with Gasteiger partial charge in [0.15, 0.2) is 0 Å². The van der Waals surface area contributed by atoms with E-state index in [-0.39, 0.29) is 18.6 Å². The van der Waals surface area contributed by atoms with E-state index in [1.807, 2.05) is 0 Å². The lowest BCUT2D eigenvalue weighted by Gasteiger charge is -2.39. The van der Waals surface area contributed by atoms with E-state index in [4.69, 9.17) is 5.11 Å². The van der Waals surface area contributed by atoms with Crippen molar-refractivity contribution in [1.29, 1.82) is 0 Å². The number of hydrogen-bond acceptors (Lipinski definition) is 3. The van der Waals surface area contributed by atoms with Crippen LogP contribution in [-0.2, 0) is 4.79 Å². The van der Waals surface area contributed by atoms with Gasteiger partial charge in [0, 0.05) is 12.0 Å². The van der Waals surface area contributed by atoms with Crippen molar-refractivity contribution in [2.24, 2.45) is 5.92 Å². The second kappa shape index (κ2) is 7.74. The van der Waals surface area contributed by atoms with Crippen LogP contribution in [0.3, 0.4) is 0 Å². The van der Waals surface area contributed by atoms with Gasteiger partial charge in [-0.25, -0.2) is 0 Å². The van der Waals surface area contributed by atoms with Crippen LogP contribution in [0, 0.1) is 5.92 Å². The molecule has 0 aromatic rings. The molecule has 1 aliphatic rings. The molecule has 0 amide bonds. The smallest absolute Gasteiger partial charge is 0.303 e. The third kappa shape index (κ3) is 5.36. The van der Waals surface area contributed by atoms with E-state index in [9.17, 15) is 9.90 Å². The standard InChI is InChI=1S/C14H27NO3/c1-12-6-5-8-14(10-12,11-16)15-9-4-2-3-7-13(17)18/h12,15-16H,2-11H2,1H3,(H,17,18). The third-order valence-corrected chi connectivity index (χ3v) is 3.96. The predicted molar refractivity (Wildman–Crippen MR) is 71.6 cm³/mol. The van der Waals surface area contributed by atoms with E-state index in [0.717, 1.165) is 38.6 Å². The molecule has 1 fully saturated rings. The molecule has 0 radical (unpaired) electrons. The summed E-state index contributed by atoms with van der Waals surface area (Å²) in [4.78, 5) is 10.4. The Kier molecular flexibility index (Phi) is 6.65. The van der Waals surface area contributed by atoms with Gasteiger partial charge in [-0.3, -0.25) is 4.79 Å². The molecule has 0 spiro atoms. The van der Waals surface area contributed by atoms with Gasteiger partial charge in [0.05, 0.1) is 6.61 Å². The minimum absolute atomic E-state index is 0.0789. The van der Waals surface area contributed by atoms with Crippen LogP contribution in [0.5, 0.6) is 0 Å². The maximum Gasteiger partial charge on any atom is 0.303 e. The fourth-order valence-electron chi connectivity index (χ4n) is 2.95.